The quantitative estimate of drug-likeness (QED) is 0.523. The van der Waals surface area contributed by atoms with E-state index >= 15 is 0 Å². The first kappa shape index (κ1) is 25.6. The van der Waals surface area contributed by atoms with E-state index in [1.165, 1.54) is 0 Å². The van der Waals surface area contributed by atoms with Gasteiger partial charge in [-0.15, -0.1) is 0 Å². The normalized spacial score (nSPS) is 31.4. The third kappa shape index (κ3) is 4.21. The first-order chi connectivity index (χ1) is 18.7. The lowest BCUT2D eigenvalue weighted by molar-refractivity contribution is -0.145. The number of anilines is 1. The number of likely N-dealkylation sites (tertiary alicyclic amines) is 1. The second-order valence-corrected chi connectivity index (χ2v) is 11.3. The first-order valence-corrected chi connectivity index (χ1v) is 13.6. The zero-order valence-corrected chi connectivity index (χ0v) is 22.4. The van der Waals surface area contributed by atoms with Crippen molar-refractivity contribution in [2.45, 2.75) is 75.8 Å². The molecule has 1 spiro atoms. The summed E-state index contributed by atoms with van der Waals surface area (Å²) in [5.74, 6) is -1.10. The molecule has 3 aliphatic heterocycles. The SMILES string of the molecule is COc1ccc(CN2C(=O)[C@@H]3[C@@H](C(=O)Nc4cc(C)on4)[C@]4(C)C=C[C@]3(O4)[C@H]2C(=O)NC2CCCCC2)cc1. The smallest absolute Gasteiger partial charge is 0.246 e. The summed E-state index contributed by atoms with van der Waals surface area (Å²) in [5, 5.41) is 9.88. The molecule has 4 heterocycles. The van der Waals surface area contributed by atoms with Crippen LogP contribution in [0, 0.1) is 18.8 Å². The van der Waals surface area contributed by atoms with Crippen molar-refractivity contribution >= 4 is 23.5 Å². The number of carbonyl (C=O) groups excluding carboxylic acids is 3. The Balaban J connectivity index is 1.35. The number of aromatic nitrogens is 1. The summed E-state index contributed by atoms with van der Waals surface area (Å²) in [6.07, 6.45) is 8.78. The van der Waals surface area contributed by atoms with Gasteiger partial charge in [0.05, 0.1) is 24.5 Å². The maximum Gasteiger partial charge on any atom is 0.246 e. The molecule has 1 aliphatic carbocycles. The molecule has 2 aromatic rings. The van der Waals surface area contributed by atoms with E-state index in [1.54, 1.807) is 31.9 Å². The van der Waals surface area contributed by atoms with Gasteiger partial charge < -0.3 is 29.5 Å². The van der Waals surface area contributed by atoms with Gasteiger partial charge in [0, 0.05) is 18.7 Å². The average Bonchev–Trinajstić information content (AvgIpc) is 3.62. The van der Waals surface area contributed by atoms with Gasteiger partial charge in [-0.1, -0.05) is 48.7 Å². The number of nitrogens with one attached hydrogen (secondary N) is 2. The molecule has 3 amide bonds. The number of ether oxygens (including phenoxy) is 2. The van der Waals surface area contributed by atoms with Gasteiger partial charge in [0.25, 0.3) is 0 Å². The van der Waals surface area contributed by atoms with Crippen LogP contribution in [0.5, 0.6) is 5.75 Å². The number of amides is 3. The van der Waals surface area contributed by atoms with Crippen molar-refractivity contribution in [1.29, 1.82) is 0 Å². The Bertz CT molecular complexity index is 1320. The summed E-state index contributed by atoms with van der Waals surface area (Å²) >= 11 is 0. The van der Waals surface area contributed by atoms with Crippen LogP contribution in [-0.2, 0) is 25.7 Å². The molecule has 10 heteroatoms. The van der Waals surface area contributed by atoms with Crippen LogP contribution in [0.15, 0.2) is 47.0 Å². The fraction of sp³-hybridized carbons (Fsp3) is 0.517. The van der Waals surface area contributed by atoms with Crippen LogP contribution in [-0.4, -0.2) is 58.2 Å². The fourth-order valence-electron chi connectivity index (χ4n) is 6.88. The Labute approximate surface area is 227 Å². The summed E-state index contributed by atoms with van der Waals surface area (Å²) in [6.45, 7) is 3.73. The standard InChI is InChI=1S/C29H34N4O6/c1-17-15-21(32-38-17)31-25(34)22-23-27(36)33(16-18-9-11-20(37-3)12-10-18)24(29(23)14-13-28(22,2)39-29)26(35)30-19-7-5-4-6-8-19/h9-15,19,22-24H,4-8,16H2,1-3H3,(H,30,35)(H,31,32,34)/t22-,23-,24+,28-,29+/m0/s1. The highest BCUT2D eigenvalue weighted by Gasteiger charge is 2.76. The monoisotopic (exact) mass is 534 g/mol. The van der Waals surface area contributed by atoms with Gasteiger partial charge in [-0.2, -0.15) is 0 Å². The maximum atomic E-state index is 14.2. The number of benzene rings is 1. The minimum atomic E-state index is -1.25. The van der Waals surface area contributed by atoms with Crippen molar-refractivity contribution in [3.8, 4) is 5.75 Å². The Morgan fingerprint density at radius 3 is 2.54 bits per heavy atom. The fourth-order valence-corrected chi connectivity index (χ4v) is 6.88. The van der Waals surface area contributed by atoms with Crippen LogP contribution in [0.1, 0.15) is 50.4 Å². The molecule has 1 aromatic heterocycles. The number of hydrogen-bond acceptors (Lipinski definition) is 7. The number of carbonyl (C=O) groups is 3. The largest absolute Gasteiger partial charge is 0.497 e. The van der Waals surface area contributed by atoms with E-state index in [4.69, 9.17) is 14.0 Å². The van der Waals surface area contributed by atoms with Gasteiger partial charge in [-0.05, 0) is 44.4 Å². The summed E-state index contributed by atoms with van der Waals surface area (Å²) in [5.41, 5.74) is -1.45. The van der Waals surface area contributed by atoms with Crippen molar-refractivity contribution < 1.29 is 28.4 Å². The van der Waals surface area contributed by atoms with Crippen LogP contribution >= 0.6 is 0 Å². The van der Waals surface area contributed by atoms with E-state index in [9.17, 15) is 14.4 Å². The molecule has 10 nitrogen and oxygen atoms in total. The predicted molar refractivity (Wildman–Crippen MR) is 141 cm³/mol. The molecule has 0 unspecified atom stereocenters. The Morgan fingerprint density at radius 1 is 1.13 bits per heavy atom. The average molecular weight is 535 g/mol. The molecule has 206 valence electrons. The molecule has 5 atom stereocenters. The van der Waals surface area contributed by atoms with E-state index in [2.05, 4.69) is 15.8 Å². The molecule has 2 bridgehead atoms. The van der Waals surface area contributed by atoms with Crippen molar-refractivity contribution in [2.24, 2.45) is 11.8 Å². The lowest BCUT2D eigenvalue weighted by Crippen LogP contribution is -2.56. The van der Waals surface area contributed by atoms with E-state index in [0.29, 0.717) is 11.5 Å². The lowest BCUT2D eigenvalue weighted by atomic mass is 9.70. The van der Waals surface area contributed by atoms with E-state index in [1.807, 2.05) is 36.4 Å². The number of methoxy groups -OCH3 is 1. The highest BCUT2D eigenvalue weighted by atomic mass is 16.5. The molecular weight excluding hydrogens is 500 g/mol. The summed E-state index contributed by atoms with van der Waals surface area (Å²) in [6, 6.07) is 8.17. The maximum absolute atomic E-state index is 14.2. The van der Waals surface area contributed by atoms with Gasteiger partial charge in [-0.3, -0.25) is 14.4 Å². The van der Waals surface area contributed by atoms with Crippen LogP contribution in [0.3, 0.4) is 0 Å². The Hall–Kier alpha value is -3.66. The van der Waals surface area contributed by atoms with Crippen LogP contribution in [0.25, 0.3) is 0 Å². The summed E-state index contributed by atoms with van der Waals surface area (Å²) < 4.78 is 17.0. The van der Waals surface area contributed by atoms with Gasteiger partial charge in [0.1, 0.15) is 23.2 Å². The lowest BCUT2D eigenvalue weighted by Gasteiger charge is -2.34. The molecule has 2 N–H and O–H groups in total. The molecular formula is C29H34N4O6. The van der Waals surface area contributed by atoms with Crippen LogP contribution in [0.4, 0.5) is 5.82 Å². The number of nitrogens with zero attached hydrogens (tertiary/aromatic N) is 2. The second-order valence-electron chi connectivity index (χ2n) is 11.3. The van der Waals surface area contributed by atoms with E-state index in [-0.39, 0.29) is 30.2 Å². The number of hydrogen-bond donors (Lipinski definition) is 2. The van der Waals surface area contributed by atoms with Crippen LogP contribution < -0.4 is 15.4 Å². The number of rotatable bonds is 7. The molecule has 3 fully saturated rings. The zero-order valence-electron chi connectivity index (χ0n) is 22.4. The van der Waals surface area contributed by atoms with Crippen molar-refractivity contribution in [3.05, 3.63) is 53.8 Å². The number of fused-ring (bicyclic) bond motifs is 1. The molecule has 2 saturated heterocycles. The van der Waals surface area contributed by atoms with Gasteiger partial charge in [-0.25, -0.2) is 0 Å². The number of aryl methyl sites for hydroxylation is 1. The van der Waals surface area contributed by atoms with E-state index < -0.39 is 35.0 Å². The summed E-state index contributed by atoms with van der Waals surface area (Å²) in [7, 11) is 1.59. The Morgan fingerprint density at radius 2 is 1.87 bits per heavy atom. The van der Waals surface area contributed by atoms with Gasteiger partial charge >= 0.3 is 0 Å². The minimum absolute atomic E-state index is 0.0623. The molecule has 6 rings (SSSR count). The third-order valence-electron chi connectivity index (χ3n) is 8.67. The highest BCUT2D eigenvalue weighted by Crippen LogP contribution is 2.60. The van der Waals surface area contributed by atoms with Gasteiger partial charge in [0.2, 0.25) is 17.7 Å². The second kappa shape index (κ2) is 9.51. The van der Waals surface area contributed by atoms with Crippen molar-refractivity contribution in [3.63, 3.8) is 0 Å². The predicted octanol–water partition coefficient (Wildman–Crippen LogP) is 3.12. The topological polar surface area (TPSA) is 123 Å². The van der Waals surface area contributed by atoms with E-state index in [0.717, 1.165) is 37.7 Å². The third-order valence-corrected chi connectivity index (χ3v) is 8.67. The minimum Gasteiger partial charge on any atom is -0.497 e. The highest BCUT2D eigenvalue weighted by molar-refractivity contribution is 6.03. The molecule has 1 saturated carbocycles. The first-order valence-electron chi connectivity index (χ1n) is 13.6. The van der Waals surface area contributed by atoms with Crippen molar-refractivity contribution in [2.75, 3.05) is 12.4 Å². The summed E-state index contributed by atoms with van der Waals surface area (Å²) in [4.78, 5) is 43.4. The van der Waals surface area contributed by atoms with Gasteiger partial charge in [0.15, 0.2) is 5.82 Å². The zero-order chi connectivity index (χ0) is 27.4. The van der Waals surface area contributed by atoms with Crippen LogP contribution in [0.2, 0.25) is 0 Å². The Kier molecular flexibility index (Phi) is 6.25. The van der Waals surface area contributed by atoms with Crippen molar-refractivity contribution in [1.82, 2.24) is 15.4 Å². The molecule has 4 aliphatic rings. The molecule has 39 heavy (non-hydrogen) atoms. The molecule has 1 aromatic carbocycles. The molecule has 0 radical (unpaired) electrons.